The smallest absolute Gasteiger partial charge is 0.00684 e. The average molecular weight is 293 g/mol. The van der Waals surface area contributed by atoms with Crippen molar-refractivity contribution in [2.45, 2.75) is 77.7 Å². The molecule has 0 amide bonds. The van der Waals surface area contributed by atoms with E-state index >= 15 is 0 Å². The van der Waals surface area contributed by atoms with Gasteiger partial charge in [0.15, 0.2) is 0 Å². The Morgan fingerprint density at radius 3 is 2.48 bits per heavy atom. The Bertz CT molecular complexity index is 322. The van der Waals surface area contributed by atoms with E-state index in [0.29, 0.717) is 5.41 Å². The molecule has 2 atom stereocenters. The molecule has 2 nitrogen and oxygen atoms in total. The molecule has 0 radical (unpaired) electrons. The standard InChI is InChI=1S/C19H36N2/c1-3-21(13-17-7-4-8-17)15-19(14-20-18-9-10-18)11-5-6-16(2)12-19/h16-18,20H,3-15H2,1-2H3. The summed E-state index contributed by atoms with van der Waals surface area (Å²) in [5, 5.41) is 3.87. The second-order valence-corrected chi connectivity index (χ2v) is 8.48. The first kappa shape index (κ1) is 15.8. The van der Waals surface area contributed by atoms with Crippen LogP contribution in [0.3, 0.4) is 0 Å². The van der Waals surface area contributed by atoms with Gasteiger partial charge in [0.25, 0.3) is 0 Å². The van der Waals surface area contributed by atoms with Crippen molar-refractivity contribution in [3.63, 3.8) is 0 Å². The molecule has 0 aromatic heterocycles. The lowest BCUT2D eigenvalue weighted by molar-refractivity contribution is 0.0654. The van der Waals surface area contributed by atoms with Crippen molar-refractivity contribution in [2.75, 3.05) is 26.2 Å². The third-order valence-corrected chi connectivity index (χ3v) is 6.28. The lowest BCUT2D eigenvalue weighted by Crippen LogP contribution is -2.48. The Morgan fingerprint density at radius 1 is 1.10 bits per heavy atom. The van der Waals surface area contributed by atoms with Crippen LogP contribution in [0.5, 0.6) is 0 Å². The fourth-order valence-corrected chi connectivity index (χ4v) is 4.60. The molecule has 2 unspecified atom stereocenters. The van der Waals surface area contributed by atoms with Gasteiger partial charge in [0.2, 0.25) is 0 Å². The van der Waals surface area contributed by atoms with E-state index in [1.165, 1.54) is 84.0 Å². The van der Waals surface area contributed by atoms with Crippen LogP contribution in [-0.4, -0.2) is 37.1 Å². The van der Waals surface area contributed by atoms with Gasteiger partial charge in [-0.25, -0.2) is 0 Å². The summed E-state index contributed by atoms with van der Waals surface area (Å²) in [5.74, 6) is 1.95. The summed E-state index contributed by atoms with van der Waals surface area (Å²) in [6.45, 7) is 10.1. The Hall–Kier alpha value is -0.0800. The largest absolute Gasteiger partial charge is 0.313 e. The number of hydrogen-bond acceptors (Lipinski definition) is 2. The lowest BCUT2D eigenvalue weighted by Gasteiger charge is -2.45. The molecule has 1 N–H and O–H groups in total. The van der Waals surface area contributed by atoms with Gasteiger partial charge in [0.1, 0.15) is 0 Å². The monoisotopic (exact) mass is 292 g/mol. The normalized spacial score (nSPS) is 34.1. The van der Waals surface area contributed by atoms with E-state index in [2.05, 4.69) is 24.1 Å². The van der Waals surface area contributed by atoms with Gasteiger partial charge in [0.05, 0.1) is 0 Å². The molecular weight excluding hydrogens is 256 g/mol. The van der Waals surface area contributed by atoms with Gasteiger partial charge >= 0.3 is 0 Å². The SMILES string of the molecule is CCN(CC1CCC1)CC1(CNC2CC2)CCCC(C)C1. The number of nitrogens with one attached hydrogen (secondary N) is 1. The molecule has 0 saturated heterocycles. The molecule has 0 aliphatic heterocycles. The summed E-state index contributed by atoms with van der Waals surface area (Å²) in [6.07, 6.45) is 13.1. The molecule has 3 aliphatic rings. The van der Waals surface area contributed by atoms with Crippen LogP contribution in [0.2, 0.25) is 0 Å². The van der Waals surface area contributed by atoms with E-state index < -0.39 is 0 Å². The maximum Gasteiger partial charge on any atom is 0.00684 e. The van der Waals surface area contributed by atoms with Crippen LogP contribution in [0.15, 0.2) is 0 Å². The predicted octanol–water partition coefficient (Wildman–Crippen LogP) is 4.06. The van der Waals surface area contributed by atoms with Gasteiger partial charge in [-0.15, -0.1) is 0 Å². The Labute approximate surface area is 132 Å². The maximum atomic E-state index is 3.87. The van der Waals surface area contributed by atoms with Crippen LogP contribution >= 0.6 is 0 Å². The van der Waals surface area contributed by atoms with Gasteiger partial charge in [-0.1, -0.05) is 33.1 Å². The minimum absolute atomic E-state index is 0.569. The zero-order valence-electron chi connectivity index (χ0n) is 14.4. The minimum Gasteiger partial charge on any atom is -0.313 e. The van der Waals surface area contributed by atoms with E-state index in [1.807, 2.05) is 0 Å². The number of nitrogens with zero attached hydrogens (tertiary/aromatic N) is 1. The van der Waals surface area contributed by atoms with E-state index in [0.717, 1.165) is 17.9 Å². The van der Waals surface area contributed by atoms with Crippen LogP contribution in [0.1, 0.15) is 71.6 Å². The van der Waals surface area contributed by atoms with Crippen molar-refractivity contribution in [3.05, 3.63) is 0 Å². The molecule has 0 bridgehead atoms. The molecule has 3 rings (SSSR count). The average Bonchev–Trinajstić information content (AvgIpc) is 3.23. The van der Waals surface area contributed by atoms with E-state index in [1.54, 1.807) is 0 Å². The molecule has 3 fully saturated rings. The fourth-order valence-electron chi connectivity index (χ4n) is 4.60. The summed E-state index contributed by atoms with van der Waals surface area (Å²) in [4.78, 5) is 2.79. The van der Waals surface area contributed by atoms with Crippen LogP contribution in [0.25, 0.3) is 0 Å². The molecule has 2 heteroatoms. The molecule has 0 heterocycles. The summed E-state index contributed by atoms with van der Waals surface area (Å²) in [5.41, 5.74) is 0.569. The van der Waals surface area contributed by atoms with Crippen molar-refractivity contribution in [3.8, 4) is 0 Å². The Balaban J connectivity index is 1.58. The molecule has 3 saturated carbocycles. The van der Waals surface area contributed by atoms with Crippen molar-refractivity contribution in [1.29, 1.82) is 0 Å². The molecule has 3 aliphatic carbocycles. The van der Waals surface area contributed by atoms with Gasteiger partial charge in [-0.2, -0.15) is 0 Å². The molecular formula is C19H36N2. The first-order valence-electron chi connectivity index (χ1n) is 9.65. The minimum atomic E-state index is 0.569. The summed E-state index contributed by atoms with van der Waals surface area (Å²) < 4.78 is 0. The highest BCUT2D eigenvalue weighted by molar-refractivity contribution is 4.93. The first-order chi connectivity index (χ1) is 10.2. The van der Waals surface area contributed by atoms with Crippen LogP contribution < -0.4 is 5.32 Å². The molecule has 0 aromatic carbocycles. The molecule has 0 spiro atoms. The van der Waals surface area contributed by atoms with E-state index in [4.69, 9.17) is 0 Å². The summed E-state index contributed by atoms with van der Waals surface area (Å²) in [6, 6.07) is 0.862. The van der Waals surface area contributed by atoms with Crippen molar-refractivity contribution in [2.24, 2.45) is 17.3 Å². The van der Waals surface area contributed by atoms with Crippen LogP contribution in [0.4, 0.5) is 0 Å². The Kier molecular flexibility index (Phi) is 5.27. The topological polar surface area (TPSA) is 15.3 Å². The van der Waals surface area contributed by atoms with E-state index in [-0.39, 0.29) is 0 Å². The van der Waals surface area contributed by atoms with Crippen LogP contribution in [-0.2, 0) is 0 Å². The van der Waals surface area contributed by atoms with E-state index in [9.17, 15) is 0 Å². The van der Waals surface area contributed by atoms with Crippen molar-refractivity contribution in [1.82, 2.24) is 10.2 Å². The molecule has 21 heavy (non-hydrogen) atoms. The van der Waals surface area contributed by atoms with Gasteiger partial charge in [-0.05, 0) is 62.3 Å². The van der Waals surface area contributed by atoms with Gasteiger partial charge in [0, 0.05) is 25.7 Å². The first-order valence-corrected chi connectivity index (χ1v) is 9.65. The third kappa shape index (κ3) is 4.45. The van der Waals surface area contributed by atoms with Gasteiger partial charge in [-0.3, -0.25) is 0 Å². The quantitative estimate of drug-likeness (QED) is 0.726. The zero-order chi connectivity index (χ0) is 14.7. The molecule has 0 aromatic rings. The summed E-state index contributed by atoms with van der Waals surface area (Å²) in [7, 11) is 0. The lowest BCUT2D eigenvalue weighted by atomic mass is 9.69. The number of hydrogen-bond donors (Lipinski definition) is 1. The highest BCUT2D eigenvalue weighted by Gasteiger charge is 2.38. The number of rotatable bonds is 8. The third-order valence-electron chi connectivity index (χ3n) is 6.28. The second-order valence-electron chi connectivity index (χ2n) is 8.48. The molecule has 122 valence electrons. The Morgan fingerprint density at radius 2 is 1.90 bits per heavy atom. The van der Waals surface area contributed by atoms with Crippen LogP contribution in [0, 0.1) is 17.3 Å². The predicted molar refractivity (Wildman–Crippen MR) is 90.5 cm³/mol. The van der Waals surface area contributed by atoms with Crippen molar-refractivity contribution < 1.29 is 0 Å². The van der Waals surface area contributed by atoms with Crippen molar-refractivity contribution >= 4 is 0 Å². The highest BCUT2D eigenvalue weighted by atomic mass is 15.1. The van der Waals surface area contributed by atoms with Gasteiger partial charge < -0.3 is 10.2 Å². The zero-order valence-corrected chi connectivity index (χ0v) is 14.4. The fraction of sp³-hybridized carbons (Fsp3) is 1.00. The second kappa shape index (κ2) is 7.00. The summed E-state index contributed by atoms with van der Waals surface area (Å²) >= 11 is 0. The maximum absolute atomic E-state index is 3.87. The highest BCUT2D eigenvalue weighted by Crippen LogP contribution is 2.41.